The highest BCUT2D eigenvalue weighted by Gasteiger charge is 2.52. The van der Waals surface area contributed by atoms with E-state index >= 15 is 0 Å². The number of nitrogens with zero attached hydrogens (tertiary/aromatic N) is 2. The van der Waals surface area contributed by atoms with E-state index in [2.05, 4.69) is 65.6 Å². The fraction of sp³-hybridized carbons (Fsp3) is 0.0638. The molecule has 6 aromatic carbocycles. The molecule has 52 heavy (non-hydrogen) atoms. The third kappa shape index (κ3) is 5.67. The summed E-state index contributed by atoms with van der Waals surface area (Å²) >= 11 is 0. The van der Waals surface area contributed by atoms with Crippen LogP contribution < -0.4 is 9.64 Å². The molecule has 6 aromatic rings. The van der Waals surface area contributed by atoms with Crippen LogP contribution in [0.15, 0.2) is 188 Å². The molecule has 0 bridgehead atoms. The molecule has 1 N–H and O–H groups in total. The minimum atomic E-state index is -1.28. The third-order valence-corrected chi connectivity index (χ3v) is 10.0. The van der Waals surface area contributed by atoms with Crippen LogP contribution in [0.3, 0.4) is 0 Å². The van der Waals surface area contributed by atoms with Crippen molar-refractivity contribution in [3.8, 4) is 11.8 Å². The Morgan fingerprint density at radius 1 is 0.731 bits per heavy atom. The van der Waals surface area contributed by atoms with Crippen LogP contribution in [-0.4, -0.2) is 11.1 Å². The first-order chi connectivity index (χ1) is 25.5. The second-order valence-corrected chi connectivity index (χ2v) is 13.0. The van der Waals surface area contributed by atoms with Crippen LogP contribution in [0, 0.1) is 16.7 Å². The summed E-state index contributed by atoms with van der Waals surface area (Å²) in [5.41, 5.74) is 4.40. The van der Waals surface area contributed by atoms with Gasteiger partial charge in [-0.1, -0.05) is 133 Å². The Labute approximate surface area is 303 Å². The van der Waals surface area contributed by atoms with E-state index in [1.165, 1.54) is 0 Å². The van der Waals surface area contributed by atoms with Gasteiger partial charge in [0, 0.05) is 28.2 Å². The lowest BCUT2D eigenvalue weighted by molar-refractivity contribution is -0.132. The largest absolute Gasteiger partial charge is 0.477 e. The fourth-order valence-electron chi connectivity index (χ4n) is 7.48. The van der Waals surface area contributed by atoms with E-state index in [0.717, 1.165) is 50.1 Å². The van der Waals surface area contributed by atoms with Gasteiger partial charge in [0.25, 0.3) is 0 Å². The van der Waals surface area contributed by atoms with Crippen LogP contribution in [-0.2, 0) is 10.4 Å². The van der Waals surface area contributed by atoms with Crippen molar-refractivity contribution in [3.63, 3.8) is 0 Å². The summed E-state index contributed by atoms with van der Waals surface area (Å²) in [6.07, 6.45) is 12.2. The molecular weight excluding hydrogens is 641 g/mol. The Morgan fingerprint density at radius 2 is 1.37 bits per heavy atom. The molecule has 1 aliphatic carbocycles. The van der Waals surface area contributed by atoms with Crippen LogP contribution in [0.1, 0.15) is 23.1 Å². The minimum absolute atomic E-state index is 0.341. The molecule has 0 aromatic heterocycles. The molecule has 0 radical (unpaired) electrons. The zero-order valence-corrected chi connectivity index (χ0v) is 28.3. The molecule has 2 unspecified atom stereocenters. The Balaban J connectivity index is 1.27. The van der Waals surface area contributed by atoms with Crippen molar-refractivity contribution >= 4 is 45.5 Å². The van der Waals surface area contributed by atoms with E-state index in [1.54, 1.807) is 6.08 Å². The number of carbonyl (C=O) groups is 1. The summed E-state index contributed by atoms with van der Waals surface area (Å²) in [6.45, 7) is 0. The van der Waals surface area contributed by atoms with Gasteiger partial charge in [0.1, 0.15) is 17.4 Å². The summed E-state index contributed by atoms with van der Waals surface area (Å²) in [7, 11) is 0. The Kier molecular flexibility index (Phi) is 8.35. The van der Waals surface area contributed by atoms with Crippen LogP contribution >= 0.6 is 0 Å². The highest BCUT2D eigenvalue weighted by molar-refractivity contribution is 5.97. The quantitative estimate of drug-likeness (QED) is 0.128. The predicted molar refractivity (Wildman–Crippen MR) is 208 cm³/mol. The normalized spacial score (nSPS) is 19.2. The second kappa shape index (κ2) is 13.4. The third-order valence-electron chi connectivity index (χ3n) is 10.0. The number of rotatable bonds is 8. The summed E-state index contributed by atoms with van der Waals surface area (Å²) < 4.78 is 7.21. The highest BCUT2D eigenvalue weighted by Crippen LogP contribution is 2.55. The van der Waals surface area contributed by atoms with E-state index in [-0.39, 0.29) is 5.57 Å². The van der Waals surface area contributed by atoms with Crippen LogP contribution in [0.4, 0.5) is 17.1 Å². The predicted octanol–water partition coefficient (Wildman–Crippen LogP) is 11.2. The van der Waals surface area contributed by atoms with Crippen molar-refractivity contribution < 1.29 is 14.6 Å². The SMILES string of the molecule is N#C/C(=C/C1(C2(c3ccccc3)C=Cc3c(ccc4cc(N(c5ccccc5)c5ccccc5)ccc34)O2)C=CC(c2ccccc2)=CC1)C(=O)O. The first-order valence-electron chi connectivity index (χ1n) is 17.2. The number of benzene rings is 6. The number of hydrogen-bond acceptors (Lipinski definition) is 4. The van der Waals surface area contributed by atoms with E-state index in [1.807, 2.05) is 127 Å². The van der Waals surface area contributed by atoms with Gasteiger partial charge in [-0.15, -0.1) is 0 Å². The average molecular weight is 675 g/mol. The molecule has 0 spiro atoms. The van der Waals surface area contributed by atoms with E-state index in [4.69, 9.17) is 4.74 Å². The lowest BCUT2D eigenvalue weighted by Crippen LogP contribution is -2.48. The van der Waals surface area contributed by atoms with Gasteiger partial charge in [-0.25, -0.2) is 4.79 Å². The molecule has 0 saturated heterocycles. The molecule has 1 aliphatic heterocycles. The Hall–Kier alpha value is -6.90. The lowest BCUT2D eigenvalue weighted by atomic mass is 9.62. The number of carboxylic acids is 1. The van der Waals surface area contributed by atoms with Gasteiger partial charge in [0.05, 0.1) is 5.41 Å². The van der Waals surface area contributed by atoms with Crippen molar-refractivity contribution in [3.05, 3.63) is 204 Å². The Morgan fingerprint density at radius 3 is 1.96 bits per heavy atom. The molecule has 5 nitrogen and oxygen atoms in total. The number of aliphatic carboxylic acids is 1. The first kappa shape index (κ1) is 32.3. The number of hydrogen-bond donors (Lipinski definition) is 1. The molecule has 250 valence electrons. The van der Waals surface area contributed by atoms with E-state index in [0.29, 0.717) is 12.2 Å². The van der Waals surface area contributed by atoms with Gasteiger partial charge in [0.15, 0.2) is 5.60 Å². The van der Waals surface area contributed by atoms with E-state index in [9.17, 15) is 15.2 Å². The maximum Gasteiger partial charge on any atom is 0.346 e. The van der Waals surface area contributed by atoms with Crippen molar-refractivity contribution in [2.24, 2.45) is 5.41 Å². The number of nitriles is 1. The molecule has 5 heteroatoms. The molecule has 8 rings (SSSR count). The highest BCUT2D eigenvalue weighted by atomic mass is 16.5. The van der Waals surface area contributed by atoms with Gasteiger partial charge in [-0.05, 0) is 82.9 Å². The molecular formula is C47H34N2O3. The molecule has 0 amide bonds. The second-order valence-electron chi connectivity index (χ2n) is 13.0. The number of allylic oxidation sites excluding steroid dienone is 3. The first-order valence-corrected chi connectivity index (χ1v) is 17.2. The molecule has 1 heterocycles. The van der Waals surface area contributed by atoms with E-state index < -0.39 is 17.0 Å². The topological polar surface area (TPSA) is 73.6 Å². The minimum Gasteiger partial charge on any atom is -0.477 e. The van der Waals surface area contributed by atoms with Crippen molar-refractivity contribution in [1.82, 2.24) is 0 Å². The fourth-order valence-corrected chi connectivity index (χ4v) is 7.48. The van der Waals surface area contributed by atoms with Gasteiger partial charge in [-0.3, -0.25) is 0 Å². The number of ether oxygens (including phenoxy) is 1. The summed E-state index contributed by atoms with van der Waals surface area (Å²) in [5.74, 6) is -0.610. The van der Waals surface area contributed by atoms with Crippen molar-refractivity contribution in [1.29, 1.82) is 5.26 Å². The zero-order valence-electron chi connectivity index (χ0n) is 28.3. The molecule has 2 aliphatic rings. The average Bonchev–Trinajstić information content (AvgIpc) is 3.21. The monoisotopic (exact) mass is 674 g/mol. The van der Waals surface area contributed by atoms with Gasteiger partial charge in [0.2, 0.25) is 0 Å². The molecule has 0 fully saturated rings. The molecule has 0 saturated carbocycles. The lowest BCUT2D eigenvalue weighted by Gasteiger charge is -2.48. The summed E-state index contributed by atoms with van der Waals surface area (Å²) in [4.78, 5) is 14.6. The van der Waals surface area contributed by atoms with Crippen molar-refractivity contribution in [2.75, 3.05) is 4.90 Å². The number of para-hydroxylation sites is 2. The number of anilines is 3. The number of carboxylic acid groups (broad SMARTS) is 1. The van der Waals surface area contributed by atoms with Gasteiger partial charge < -0.3 is 14.7 Å². The number of fused-ring (bicyclic) bond motifs is 3. The summed E-state index contributed by atoms with van der Waals surface area (Å²) in [5, 5.41) is 22.2. The van der Waals surface area contributed by atoms with Gasteiger partial charge >= 0.3 is 5.97 Å². The van der Waals surface area contributed by atoms with Crippen molar-refractivity contribution in [2.45, 2.75) is 12.0 Å². The van der Waals surface area contributed by atoms with Crippen LogP contribution in [0.2, 0.25) is 0 Å². The standard InChI is InChI=1S/C47H34N2O3/c48-33-37(45(50)51)32-46(28-25-35(26-29-46)34-13-5-1-6-14-34)47(38-15-7-2-8-16-38)30-27-43-42-23-22-41(31-36(42)21-24-44(43)52-47)49(39-17-9-3-10-18-39)40-19-11-4-12-20-40/h1-28,30-32H,29H2,(H,50,51)/b37-32-. The van der Waals surface area contributed by atoms with Crippen LogP contribution in [0.25, 0.3) is 22.4 Å². The summed E-state index contributed by atoms with van der Waals surface area (Å²) in [6, 6.07) is 53.0. The maximum absolute atomic E-state index is 12.4. The molecule has 2 atom stereocenters. The Bertz CT molecular complexity index is 2410. The zero-order chi connectivity index (χ0) is 35.5. The van der Waals surface area contributed by atoms with Gasteiger partial charge in [-0.2, -0.15) is 5.26 Å². The maximum atomic E-state index is 12.4. The van der Waals surface area contributed by atoms with Crippen LogP contribution in [0.5, 0.6) is 5.75 Å². The smallest absolute Gasteiger partial charge is 0.346 e.